The Morgan fingerprint density at radius 1 is 1.05 bits per heavy atom. The maximum atomic E-state index is 14.2. The summed E-state index contributed by atoms with van der Waals surface area (Å²) in [7, 11) is 0. The standard InChI is InChI=1S/C32H37BrN6O3/c1-18-6-4-9-23-28(20(3)40)36-38(29(18)23)16-27(41)39-24(31(42)35-30-19(2)10-11-26(33)34-30)12-32(13-25(32)39)17-37-14-21-7-5-8-22(21)15-37/h4,6,9-11,21-22,24-25H,5,7-8,12-17H2,1-3H3,(H,34,35,42)/t21-,22+,24-,25+,32-/m0/s1. The fourth-order valence-corrected chi connectivity index (χ4v) is 8.49. The lowest BCUT2D eigenvalue weighted by Crippen LogP contribution is -2.47. The normalized spacial score (nSPS) is 28.2. The fourth-order valence-electron chi connectivity index (χ4n) is 8.18. The van der Waals surface area contributed by atoms with Crippen molar-refractivity contribution in [2.75, 3.05) is 25.0 Å². The highest BCUT2D eigenvalue weighted by atomic mass is 79.9. The summed E-state index contributed by atoms with van der Waals surface area (Å²) in [6.45, 7) is 8.56. The Kier molecular flexibility index (Phi) is 6.77. The lowest BCUT2D eigenvalue weighted by atomic mass is 9.98. The van der Waals surface area contributed by atoms with Crippen molar-refractivity contribution in [1.29, 1.82) is 0 Å². The Morgan fingerprint density at radius 3 is 2.55 bits per heavy atom. The molecule has 42 heavy (non-hydrogen) atoms. The highest BCUT2D eigenvalue weighted by Gasteiger charge is 2.67. The highest BCUT2D eigenvalue weighted by molar-refractivity contribution is 9.10. The number of para-hydroxylation sites is 1. The second kappa shape index (κ2) is 10.3. The Bertz CT molecular complexity index is 1610. The van der Waals surface area contributed by atoms with Gasteiger partial charge in [0.1, 0.15) is 28.7 Å². The smallest absolute Gasteiger partial charge is 0.248 e. The van der Waals surface area contributed by atoms with Gasteiger partial charge in [0, 0.05) is 43.4 Å². The van der Waals surface area contributed by atoms with E-state index in [0.717, 1.165) is 59.9 Å². The van der Waals surface area contributed by atoms with Gasteiger partial charge in [-0.2, -0.15) is 5.10 Å². The number of nitrogens with one attached hydrogen (secondary N) is 1. The van der Waals surface area contributed by atoms with Crippen LogP contribution in [-0.2, 0) is 16.1 Å². The average Bonchev–Trinajstić information content (AvgIpc) is 3.35. The molecule has 7 rings (SSSR count). The number of hydrogen-bond donors (Lipinski definition) is 1. The molecule has 2 aliphatic heterocycles. The van der Waals surface area contributed by atoms with E-state index in [1.54, 1.807) is 4.68 Å². The van der Waals surface area contributed by atoms with Gasteiger partial charge in [0.2, 0.25) is 11.8 Å². The number of carbonyl (C=O) groups excluding carboxylic acids is 3. The van der Waals surface area contributed by atoms with Crippen LogP contribution in [0.4, 0.5) is 5.82 Å². The van der Waals surface area contributed by atoms with E-state index >= 15 is 0 Å². The molecule has 220 valence electrons. The van der Waals surface area contributed by atoms with Gasteiger partial charge in [0.25, 0.3) is 0 Å². The molecule has 9 nitrogen and oxygen atoms in total. The van der Waals surface area contributed by atoms with Crippen molar-refractivity contribution < 1.29 is 14.4 Å². The van der Waals surface area contributed by atoms with Crippen molar-refractivity contribution in [3.8, 4) is 0 Å². The van der Waals surface area contributed by atoms with Crippen LogP contribution in [0.5, 0.6) is 0 Å². The third-order valence-electron chi connectivity index (χ3n) is 10.2. The van der Waals surface area contributed by atoms with Crippen molar-refractivity contribution in [2.24, 2.45) is 17.3 Å². The van der Waals surface area contributed by atoms with Crippen molar-refractivity contribution >= 4 is 50.2 Å². The Labute approximate surface area is 254 Å². The van der Waals surface area contributed by atoms with Gasteiger partial charge in [0.05, 0.1) is 5.52 Å². The number of rotatable bonds is 7. The summed E-state index contributed by atoms with van der Waals surface area (Å²) in [5, 5.41) is 8.37. The number of aryl methyl sites for hydroxylation is 2. The van der Waals surface area contributed by atoms with E-state index in [2.05, 4.69) is 36.2 Å². The van der Waals surface area contributed by atoms with Crippen LogP contribution in [0.15, 0.2) is 34.9 Å². The maximum Gasteiger partial charge on any atom is 0.248 e. The van der Waals surface area contributed by atoms with E-state index in [9.17, 15) is 14.4 Å². The summed E-state index contributed by atoms with van der Waals surface area (Å²) >= 11 is 3.41. The van der Waals surface area contributed by atoms with Crippen molar-refractivity contribution in [3.05, 3.63) is 51.8 Å². The first-order chi connectivity index (χ1) is 20.1. The number of amides is 2. The van der Waals surface area contributed by atoms with Gasteiger partial charge in [-0.15, -0.1) is 0 Å². The number of aromatic nitrogens is 3. The number of Topliss-reactive ketones (excluding diaryl/α,β-unsaturated/α-hetero) is 1. The molecule has 0 bridgehead atoms. The largest absolute Gasteiger partial charge is 0.325 e. The molecule has 4 heterocycles. The van der Waals surface area contributed by atoms with Gasteiger partial charge in [-0.3, -0.25) is 19.1 Å². The summed E-state index contributed by atoms with van der Waals surface area (Å²) in [5.41, 5.74) is 2.90. The number of anilines is 1. The molecular weight excluding hydrogens is 596 g/mol. The summed E-state index contributed by atoms with van der Waals surface area (Å²) in [6.07, 6.45) is 5.56. The number of ketones is 1. The maximum absolute atomic E-state index is 14.2. The first kappa shape index (κ1) is 27.7. The van der Waals surface area contributed by atoms with E-state index in [1.165, 1.54) is 26.2 Å². The first-order valence-electron chi connectivity index (χ1n) is 15.1. The van der Waals surface area contributed by atoms with E-state index in [1.807, 2.05) is 49.1 Å². The Morgan fingerprint density at radius 2 is 1.81 bits per heavy atom. The predicted molar refractivity (Wildman–Crippen MR) is 163 cm³/mol. The van der Waals surface area contributed by atoms with Crippen LogP contribution >= 0.6 is 15.9 Å². The predicted octanol–water partition coefficient (Wildman–Crippen LogP) is 4.74. The third kappa shape index (κ3) is 4.67. The topological polar surface area (TPSA) is 100 Å². The zero-order valence-electron chi connectivity index (χ0n) is 24.4. The zero-order valence-corrected chi connectivity index (χ0v) is 26.0. The number of halogens is 1. The van der Waals surface area contributed by atoms with Crippen molar-refractivity contribution in [1.82, 2.24) is 24.6 Å². The number of pyridine rings is 1. The van der Waals surface area contributed by atoms with Gasteiger partial charge in [0.15, 0.2) is 5.78 Å². The number of piperidine rings is 1. The molecule has 1 N–H and O–H groups in total. The molecule has 1 aromatic carbocycles. The molecule has 4 fully saturated rings. The molecule has 2 aromatic heterocycles. The van der Waals surface area contributed by atoms with Crippen LogP contribution in [0, 0.1) is 31.1 Å². The molecule has 2 aliphatic carbocycles. The zero-order chi connectivity index (χ0) is 29.3. The minimum Gasteiger partial charge on any atom is -0.325 e. The van der Waals surface area contributed by atoms with Crippen LogP contribution in [-0.4, -0.2) is 73.9 Å². The SMILES string of the molecule is CC(=O)c1nn(CC(=O)N2[C@H](C(=O)Nc3nc(Br)ccc3C)C[C@@]3(CN4C[C@H]5CCC[C@H]5C4)C[C@@H]23)c2c(C)cccc12. The van der Waals surface area contributed by atoms with Crippen LogP contribution in [0.2, 0.25) is 0 Å². The molecule has 2 saturated heterocycles. The fraction of sp³-hybridized carbons (Fsp3) is 0.531. The summed E-state index contributed by atoms with van der Waals surface area (Å²) in [5.74, 6) is 1.63. The third-order valence-corrected chi connectivity index (χ3v) is 10.7. The molecule has 10 heteroatoms. The minimum absolute atomic E-state index is 0.0208. The molecule has 2 amide bonds. The van der Waals surface area contributed by atoms with Gasteiger partial charge in [-0.1, -0.05) is 30.7 Å². The van der Waals surface area contributed by atoms with Crippen LogP contribution in [0.1, 0.15) is 60.6 Å². The van der Waals surface area contributed by atoms with E-state index < -0.39 is 6.04 Å². The van der Waals surface area contributed by atoms with E-state index in [4.69, 9.17) is 0 Å². The molecule has 0 spiro atoms. The van der Waals surface area contributed by atoms with Crippen LogP contribution in [0.3, 0.4) is 0 Å². The monoisotopic (exact) mass is 632 g/mol. The number of carbonyl (C=O) groups is 3. The molecule has 4 aliphatic rings. The molecule has 2 saturated carbocycles. The van der Waals surface area contributed by atoms with Crippen LogP contribution in [0.25, 0.3) is 10.9 Å². The highest BCUT2D eigenvalue weighted by Crippen LogP contribution is 2.60. The van der Waals surface area contributed by atoms with Gasteiger partial charge in [-0.05, 0) is 84.5 Å². The molecular formula is C32H37BrN6O3. The van der Waals surface area contributed by atoms with Gasteiger partial charge >= 0.3 is 0 Å². The number of benzene rings is 1. The van der Waals surface area contributed by atoms with Crippen LogP contribution < -0.4 is 5.32 Å². The summed E-state index contributed by atoms with van der Waals surface area (Å²) in [6, 6.07) is 8.93. The Balaban J connectivity index is 1.17. The number of likely N-dealkylation sites (tertiary alicyclic amines) is 2. The Hall–Kier alpha value is -3.11. The minimum atomic E-state index is -0.589. The molecule has 3 aromatic rings. The average molecular weight is 634 g/mol. The summed E-state index contributed by atoms with van der Waals surface area (Å²) in [4.78, 5) is 49.3. The van der Waals surface area contributed by atoms with E-state index in [-0.39, 0.29) is 35.6 Å². The molecule has 5 atom stereocenters. The summed E-state index contributed by atoms with van der Waals surface area (Å²) < 4.78 is 2.30. The molecule has 0 unspecified atom stereocenters. The quantitative estimate of drug-likeness (QED) is 0.298. The number of fused-ring (bicyclic) bond motifs is 3. The van der Waals surface area contributed by atoms with E-state index in [0.29, 0.717) is 22.5 Å². The number of nitrogens with zero attached hydrogens (tertiary/aromatic N) is 5. The number of hydrogen-bond acceptors (Lipinski definition) is 6. The lowest BCUT2D eigenvalue weighted by molar-refractivity contribution is -0.138. The molecule has 0 radical (unpaired) electrons. The second-order valence-corrected chi connectivity index (χ2v) is 13.9. The second-order valence-electron chi connectivity index (χ2n) is 13.1. The lowest BCUT2D eigenvalue weighted by Gasteiger charge is -2.27. The van der Waals surface area contributed by atoms with Crippen molar-refractivity contribution in [2.45, 2.75) is 71.5 Å². The van der Waals surface area contributed by atoms with Crippen molar-refractivity contribution in [3.63, 3.8) is 0 Å². The van der Waals surface area contributed by atoms with Gasteiger partial charge < -0.3 is 15.1 Å². The first-order valence-corrected chi connectivity index (χ1v) is 15.9. The van der Waals surface area contributed by atoms with Gasteiger partial charge in [-0.25, -0.2) is 4.98 Å².